The van der Waals surface area contributed by atoms with Crippen LogP contribution in [0.2, 0.25) is 5.02 Å². The molecule has 0 aliphatic rings. The average Bonchev–Trinajstić information content (AvgIpc) is 2.37. The molecule has 0 heterocycles. The Bertz CT molecular complexity index is 421. The quantitative estimate of drug-likeness (QED) is 0.637. The number of halogens is 1. The molecule has 1 aromatic rings. The monoisotopic (exact) mass is 268 g/mol. The third-order valence-electron chi connectivity index (χ3n) is 2.44. The van der Waals surface area contributed by atoms with E-state index in [9.17, 15) is 9.59 Å². The standard InChI is InChI=1S/C13H17ClN2O2/c1-2-3-4-9-12(17)15-16-13(18)10-7-5-6-8-11(10)14/h5-8H,2-4,9H2,1H3,(H,15,17)(H,16,18). The smallest absolute Gasteiger partial charge is 0.271 e. The van der Waals surface area contributed by atoms with E-state index in [0.717, 1.165) is 19.3 Å². The predicted octanol–water partition coefficient (Wildman–Crippen LogP) is 2.68. The van der Waals surface area contributed by atoms with Crippen molar-refractivity contribution in [3.8, 4) is 0 Å². The minimum Gasteiger partial charge on any atom is -0.273 e. The maximum absolute atomic E-state index is 11.7. The Morgan fingerprint density at radius 2 is 1.89 bits per heavy atom. The molecule has 0 unspecified atom stereocenters. The van der Waals surface area contributed by atoms with Crippen LogP contribution >= 0.6 is 11.6 Å². The molecule has 5 heteroatoms. The molecule has 0 aromatic heterocycles. The summed E-state index contributed by atoms with van der Waals surface area (Å²) in [5.74, 6) is -0.603. The molecule has 0 aliphatic carbocycles. The maximum Gasteiger partial charge on any atom is 0.271 e. The van der Waals surface area contributed by atoms with Crippen molar-refractivity contribution in [2.45, 2.75) is 32.6 Å². The number of rotatable bonds is 5. The number of nitrogens with one attached hydrogen (secondary N) is 2. The molecular formula is C13H17ClN2O2. The first-order valence-electron chi connectivity index (χ1n) is 5.99. The molecule has 2 amide bonds. The normalized spacial score (nSPS) is 9.89. The molecule has 0 spiro atoms. The highest BCUT2D eigenvalue weighted by Gasteiger charge is 2.09. The molecule has 0 fully saturated rings. The van der Waals surface area contributed by atoms with Crippen molar-refractivity contribution in [1.29, 1.82) is 0 Å². The molecule has 0 saturated heterocycles. The zero-order chi connectivity index (χ0) is 13.4. The molecule has 1 aromatic carbocycles. The highest BCUT2D eigenvalue weighted by atomic mass is 35.5. The van der Waals surface area contributed by atoms with Crippen LogP contribution in [0.1, 0.15) is 43.0 Å². The van der Waals surface area contributed by atoms with Crippen molar-refractivity contribution in [2.24, 2.45) is 0 Å². The summed E-state index contributed by atoms with van der Waals surface area (Å²) in [5.41, 5.74) is 5.05. The molecular weight excluding hydrogens is 252 g/mol. The second-order valence-corrected chi connectivity index (χ2v) is 4.35. The van der Waals surface area contributed by atoms with Gasteiger partial charge < -0.3 is 0 Å². The van der Waals surface area contributed by atoms with Gasteiger partial charge in [-0.05, 0) is 18.6 Å². The Morgan fingerprint density at radius 1 is 1.17 bits per heavy atom. The SMILES string of the molecule is CCCCCC(=O)NNC(=O)c1ccccc1Cl. The first kappa shape index (κ1) is 14.5. The molecule has 4 nitrogen and oxygen atoms in total. The molecule has 0 radical (unpaired) electrons. The van der Waals surface area contributed by atoms with Crippen molar-refractivity contribution in [3.05, 3.63) is 34.9 Å². The number of hydrogen-bond donors (Lipinski definition) is 2. The van der Waals surface area contributed by atoms with Gasteiger partial charge in [0.15, 0.2) is 0 Å². The van der Waals surface area contributed by atoms with Crippen LogP contribution in [0.4, 0.5) is 0 Å². The van der Waals surface area contributed by atoms with Crippen molar-refractivity contribution < 1.29 is 9.59 Å². The Morgan fingerprint density at radius 3 is 2.56 bits per heavy atom. The molecule has 1 rings (SSSR count). The van der Waals surface area contributed by atoms with E-state index in [1.165, 1.54) is 0 Å². The summed E-state index contributed by atoms with van der Waals surface area (Å²) in [7, 11) is 0. The predicted molar refractivity (Wildman–Crippen MR) is 71.2 cm³/mol. The summed E-state index contributed by atoms with van der Waals surface area (Å²) in [6.07, 6.45) is 3.30. The molecule has 0 atom stereocenters. The fourth-order valence-corrected chi connectivity index (χ4v) is 1.66. The zero-order valence-electron chi connectivity index (χ0n) is 10.3. The van der Waals surface area contributed by atoms with Crippen LogP contribution in [0.5, 0.6) is 0 Å². The average molecular weight is 269 g/mol. The molecule has 98 valence electrons. The Balaban J connectivity index is 2.38. The lowest BCUT2D eigenvalue weighted by atomic mass is 10.2. The number of benzene rings is 1. The summed E-state index contributed by atoms with van der Waals surface area (Å²) in [5, 5.41) is 0.357. The number of unbranched alkanes of at least 4 members (excludes halogenated alkanes) is 2. The maximum atomic E-state index is 11.7. The third kappa shape index (κ3) is 4.75. The molecule has 0 saturated carbocycles. The van der Waals surface area contributed by atoms with Gasteiger partial charge in [-0.1, -0.05) is 43.5 Å². The summed E-state index contributed by atoms with van der Waals surface area (Å²) in [6, 6.07) is 6.67. The lowest BCUT2D eigenvalue weighted by Gasteiger charge is -2.08. The molecule has 18 heavy (non-hydrogen) atoms. The van der Waals surface area contributed by atoms with E-state index in [0.29, 0.717) is 17.0 Å². The first-order chi connectivity index (χ1) is 8.65. The highest BCUT2D eigenvalue weighted by molar-refractivity contribution is 6.33. The minimum absolute atomic E-state index is 0.191. The van der Waals surface area contributed by atoms with Gasteiger partial charge in [0.2, 0.25) is 5.91 Å². The third-order valence-corrected chi connectivity index (χ3v) is 2.77. The van der Waals surface area contributed by atoms with Crippen LogP contribution in [0, 0.1) is 0 Å². The van der Waals surface area contributed by atoms with E-state index in [4.69, 9.17) is 11.6 Å². The number of amides is 2. The van der Waals surface area contributed by atoms with Gasteiger partial charge in [-0.25, -0.2) is 0 Å². The number of carbonyl (C=O) groups is 2. The Labute approximate surface area is 112 Å². The topological polar surface area (TPSA) is 58.2 Å². The zero-order valence-corrected chi connectivity index (χ0v) is 11.1. The van der Waals surface area contributed by atoms with Crippen LogP contribution in [-0.2, 0) is 4.79 Å². The number of carbonyl (C=O) groups excluding carboxylic acids is 2. The van der Waals surface area contributed by atoms with Gasteiger partial charge in [-0.3, -0.25) is 20.4 Å². The highest BCUT2D eigenvalue weighted by Crippen LogP contribution is 2.14. The number of hydrogen-bond acceptors (Lipinski definition) is 2. The molecule has 2 N–H and O–H groups in total. The summed E-state index contributed by atoms with van der Waals surface area (Å²) < 4.78 is 0. The largest absolute Gasteiger partial charge is 0.273 e. The van der Waals surface area contributed by atoms with Gasteiger partial charge in [-0.2, -0.15) is 0 Å². The fourth-order valence-electron chi connectivity index (χ4n) is 1.44. The van der Waals surface area contributed by atoms with E-state index in [1.807, 2.05) is 0 Å². The molecule has 0 bridgehead atoms. The second-order valence-electron chi connectivity index (χ2n) is 3.94. The van der Waals surface area contributed by atoms with Gasteiger partial charge in [0.25, 0.3) is 5.91 Å². The van der Waals surface area contributed by atoms with Crippen LogP contribution in [0.3, 0.4) is 0 Å². The van der Waals surface area contributed by atoms with Crippen LogP contribution in [0.25, 0.3) is 0 Å². The Kier molecular flexibility index (Phi) is 6.22. The second kappa shape index (κ2) is 7.71. The van der Waals surface area contributed by atoms with Crippen molar-refractivity contribution in [3.63, 3.8) is 0 Å². The van der Waals surface area contributed by atoms with Gasteiger partial charge in [0, 0.05) is 6.42 Å². The van der Waals surface area contributed by atoms with Crippen LogP contribution < -0.4 is 10.9 Å². The van der Waals surface area contributed by atoms with Crippen molar-refractivity contribution in [1.82, 2.24) is 10.9 Å². The van der Waals surface area contributed by atoms with Crippen LogP contribution in [-0.4, -0.2) is 11.8 Å². The van der Waals surface area contributed by atoms with Gasteiger partial charge >= 0.3 is 0 Å². The lowest BCUT2D eigenvalue weighted by molar-refractivity contribution is -0.121. The summed E-state index contributed by atoms with van der Waals surface area (Å²) in [6.45, 7) is 2.07. The van der Waals surface area contributed by atoms with Crippen LogP contribution in [0.15, 0.2) is 24.3 Å². The summed E-state index contributed by atoms with van der Waals surface area (Å²) >= 11 is 5.86. The Hall–Kier alpha value is -1.55. The number of hydrazine groups is 1. The van der Waals surface area contributed by atoms with Gasteiger partial charge in [0.1, 0.15) is 0 Å². The molecule has 0 aliphatic heterocycles. The van der Waals surface area contributed by atoms with Gasteiger partial charge in [0.05, 0.1) is 10.6 Å². The van der Waals surface area contributed by atoms with E-state index in [2.05, 4.69) is 17.8 Å². The van der Waals surface area contributed by atoms with E-state index in [1.54, 1.807) is 24.3 Å². The van der Waals surface area contributed by atoms with Gasteiger partial charge in [-0.15, -0.1) is 0 Å². The minimum atomic E-state index is -0.413. The fraction of sp³-hybridized carbons (Fsp3) is 0.385. The lowest BCUT2D eigenvalue weighted by Crippen LogP contribution is -2.41. The van der Waals surface area contributed by atoms with E-state index >= 15 is 0 Å². The van der Waals surface area contributed by atoms with E-state index in [-0.39, 0.29) is 5.91 Å². The van der Waals surface area contributed by atoms with E-state index < -0.39 is 5.91 Å². The summed E-state index contributed by atoms with van der Waals surface area (Å²) in [4.78, 5) is 23.1. The first-order valence-corrected chi connectivity index (χ1v) is 6.36. The van der Waals surface area contributed by atoms with Crippen molar-refractivity contribution >= 4 is 23.4 Å². The van der Waals surface area contributed by atoms with Crippen molar-refractivity contribution in [2.75, 3.05) is 0 Å².